The standard InChI is InChI=1S/C17H14N2O4S/c20-16(19-22)15-9-12-8-13(6-7-14(12)24-15)18-17(21)23-10-11-4-2-1-3-5-11/h1-9,22H,10H2,(H,18,21)(H,19,20). The summed E-state index contributed by atoms with van der Waals surface area (Å²) in [5.74, 6) is -0.562. The third-order valence-electron chi connectivity index (χ3n) is 3.30. The van der Waals surface area contributed by atoms with Crippen LogP contribution in [0.2, 0.25) is 0 Å². The second-order valence-electron chi connectivity index (χ2n) is 4.99. The average molecular weight is 342 g/mol. The minimum atomic E-state index is -0.562. The first kappa shape index (κ1) is 16.0. The van der Waals surface area contributed by atoms with E-state index in [-0.39, 0.29) is 6.61 Å². The number of hydrogen-bond donors (Lipinski definition) is 3. The van der Waals surface area contributed by atoms with Gasteiger partial charge in [-0.25, -0.2) is 10.3 Å². The van der Waals surface area contributed by atoms with Gasteiger partial charge < -0.3 is 4.74 Å². The van der Waals surface area contributed by atoms with Crippen molar-refractivity contribution in [1.29, 1.82) is 0 Å². The lowest BCUT2D eigenvalue weighted by molar-refractivity contribution is 0.0711. The summed E-state index contributed by atoms with van der Waals surface area (Å²) in [5, 5.41) is 12.1. The summed E-state index contributed by atoms with van der Waals surface area (Å²) in [4.78, 5) is 23.7. The molecule has 0 atom stereocenters. The SMILES string of the molecule is O=C(Nc1ccc2sc(C(=O)NO)cc2c1)OCc1ccccc1. The highest BCUT2D eigenvalue weighted by atomic mass is 32.1. The molecule has 0 unspecified atom stereocenters. The summed E-state index contributed by atoms with van der Waals surface area (Å²) in [5.41, 5.74) is 3.07. The summed E-state index contributed by atoms with van der Waals surface area (Å²) < 4.78 is 6.03. The van der Waals surface area contributed by atoms with Gasteiger partial charge >= 0.3 is 6.09 Å². The number of fused-ring (bicyclic) bond motifs is 1. The second kappa shape index (κ2) is 7.12. The third-order valence-corrected chi connectivity index (χ3v) is 4.42. The zero-order valence-electron chi connectivity index (χ0n) is 12.5. The Bertz CT molecular complexity index is 877. The molecule has 0 fully saturated rings. The summed E-state index contributed by atoms with van der Waals surface area (Å²) in [7, 11) is 0. The monoisotopic (exact) mass is 342 g/mol. The van der Waals surface area contributed by atoms with Gasteiger partial charge in [0.15, 0.2) is 0 Å². The molecule has 0 saturated carbocycles. The molecule has 3 N–H and O–H groups in total. The molecule has 0 radical (unpaired) electrons. The Morgan fingerprint density at radius 3 is 2.62 bits per heavy atom. The highest BCUT2D eigenvalue weighted by Gasteiger charge is 2.10. The van der Waals surface area contributed by atoms with E-state index in [9.17, 15) is 9.59 Å². The van der Waals surface area contributed by atoms with Crippen molar-refractivity contribution in [2.45, 2.75) is 6.61 Å². The number of benzene rings is 2. The van der Waals surface area contributed by atoms with Crippen molar-refractivity contribution in [3.8, 4) is 0 Å². The van der Waals surface area contributed by atoms with Gasteiger partial charge in [0.2, 0.25) is 0 Å². The van der Waals surface area contributed by atoms with E-state index in [2.05, 4.69) is 5.32 Å². The van der Waals surface area contributed by atoms with Crippen LogP contribution in [0, 0.1) is 0 Å². The van der Waals surface area contributed by atoms with Gasteiger partial charge in [0.1, 0.15) is 6.61 Å². The number of hydroxylamine groups is 1. The zero-order chi connectivity index (χ0) is 16.9. The van der Waals surface area contributed by atoms with E-state index in [0.29, 0.717) is 10.6 Å². The minimum absolute atomic E-state index is 0.189. The zero-order valence-corrected chi connectivity index (χ0v) is 13.3. The summed E-state index contributed by atoms with van der Waals surface area (Å²) in [6.07, 6.45) is -0.554. The van der Waals surface area contributed by atoms with Crippen molar-refractivity contribution in [3.05, 3.63) is 65.0 Å². The molecule has 0 saturated heterocycles. The van der Waals surface area contributed by atoms with Gasteiger partial charge in [-0.3, -0.25) is 15.3 Å². The molecule has 1 aromatic heterocycles. The molecule has 3 rings (SSSR count). The van der Waals surface area contributed by atoms with Gasteiger partial charge in [-0.05, 0) is 35.2 Å². The summed E-state index contributed by atoms with van der Waals surface area (Å²) in [6.45, 7) is 0.189. The van der Waals surface area contributed by atoms with Crippen molar-refractivity contribution in [2.75, 3.05) is 5.32 Å². The van der Waals surface area contributed by atoms with Gasteiger partial charge in [-0.2, -0.15) is 0 Å². The fourth-order valence-corrected chi connectivity index (χ4v) is 3.10. The smallest absolute Gasteiger partial charge is 0.411 e. The van der Waals surface area contributed by atoms with Crippen molar-refractivity contribution in [1.82, 2.24) is 5.48 Å². The molecular formula is C17H14N2O4S. The molecule has 0 aliphatic carbocycles. The first-order chi connectivity index (χ1) is 11.7. The van der Waals surface area contributed by atoms with Crippen molar-refractivity contribution in [2.24, 2.45) is 0 Å². The highest BCUT2D eigenvalue weighted by molar-refractivity contribution is 7.20. The number of carbonyl (C=O) groups excluding carboxylic acids is 2. The van der Waals surface area contributed by atoms with E-state index < -0.39 is 12.0 Å². The fourth-order valence-electron chi connectivity index (χ4n) is 2.17. The maximum atomic E-state index is 11.9. The lowest BCUT2D eigenvalue weighted by Crippen LogP contribution is -2.16. The Morgan fingerprint density at radius 2 is 1.88 bits per heavy atom. The Hall–Kier alpha value is -2.90. The Kier molecular flexibility index (Phi) is 4.74. The lowest BCUT2D eigenvalue weighted by atomic mass is 10.2. The molecule has 3 aromatic rings. The van der Waals surface area contributed by atoms with Gasteiger partial charge in [-0.15, -0.1) is 11.3 Å². The van der Waals surface area contributed by atoms with Gasteiger partial charge in [-0.1, -0.05) is 30.3 Å². The molecule has 0 bridgehead atoms. The predicted molar refractivity (Wildman–Crippen MR) is 91.3 cm³/mol. The molecular weight excluding hydrogens is 328 g/mol. The molecule has 122 valence electrons. The number of carbonyl (C=O) groups is 2. The van der Waals surface area contributed by atoms with E-state index in [4.69, 9.17) is 9.94 Å². The second-order valence-corrected chi connectivity index (χ2v) is 6.07. The quantitative estimate of drug-likeness (QED) is 0.497. The predicted octanol–water partition coefficient (Wildman–Crippen LogP) is 3.77. The molecule has 0 aliphatic rings. The van der Waals surface area contributed by atoms with Crippen LogP contribution in [0.4, 0.5) is 10.5 Å². The normalized spacial score (nSPS) is 10.4. The molecule has 2 aromatic carbocycles. The summed E-state index contributed by atoms with van der Waals surface area (Å²) in [6, 6.07) is 16.3. The van der Waals surface area contributed by atoms with Crippen LogP contribution >= 0.6 is 11.3 Å². The van der Waals surface area contributed by atoms with E-state index >= 15 is 0 Å². The van der Waals surface area contributed by atoms with E-state index in [1.165, 1.54) is 11.3 Å². The topological polar surface area (TPSA) is 87.7 Å². The lowest BCUT2D eigenvalue weighted by Gasteiger charge is -2.07. The number of hydrogen-bond acceptors (Lipinski definition) is 5. The van der Waals surface area contributed by atoms with E-state index in [0.717, 1.165) is 15.6 Å². The Labute approximate surface area is 141 Å². The molecule has 2 amide bonds. The largest absolute Gasteiger partial charge is 0.444 e. The average Bonchev–Trinajstić information content (AvgIpc) is 3.03. The van der Waals surface area contributed by atoms with Crippen LogP contribution in [-0.2, 0) is 11.3 Å². The van der Waals surface area contributed by atoms with Crippen molar-refractivity contribution < 1.29 is 19.5 Å². The number of ether oxygens (including phenoxy) is 1. The molecule has 1 heterocycles. The van der Waals surface area contributed by atoms with E-state index in [1.807, 2.05) is 30.3 Å². The number of anilines is 1. The number of nitrogens with one attached hydrogen (secondary N) is 2. The highest BCUT2D eigenvalue weighted by Crippen LogP contribution is 2.28. The van der Waals surface area contributed by atoms with Gasteiger partial charge in [0.25, 0.3) is 5.91 Å². The number of amides is 2. The first-order valence-electron chi connectivity index (χ1n) is 7.11. The van der Waals surface area contributed by atoms with Crippen molar-refractivity contribution in [3.63, 3.8) is 0 Å². The van der Waals surface area contributed by atoms with Gasteiger partial charge in [0, 0.05) is 10.4 Å². The van der Waals surface area contributed by atoms with Crippen LogP contribution in [0.1, 0.15) is 15.2 Å². The maximum absolute atomic E-state index is 11.9. The fraction of sp³-hybridized carbons (Fsp3) is 0.0588. The summed E-state index contributed by atoms with van der Waals surface area (Å²) >= 11 is 1.25. The van der Waals surface area contributed by atoms with Crippen LogP contribution < -0.4 is 10.8 Å². The van der Waals surface area contributed by atoms with Crippen LogP contribution in [0.15, 0.2) is 54.6 Å². The Balaban J connectivity index is 1.66. The van der Waals surface area contributed by atoms with Crippen LogP contribution in [0.5, 0.6) is 0 Å². The molecule has 0 spiro atoms. The first-order valence-corrected chi connectivity index (χ1v) is 7.93. The van der Waals surface area contributed by atoms with Crippen LogP contribution in [0.3, 0.4) is 0 Å². The molecule has 6 nitrogen and oxygen atoms in total. The van der Waals surface area contributed by atoms with Crippen LogP contribution in [0.25, 0.3) is 10.1 Å². The van der Waals surface area contributed by atoms with Crippen LogP contribution in [-0.4, -0.2) is 17.2 Å². The molecule has 24 heavy (non-hydrogen) atoms. The number of rotatable bonds is 4. The Morgan fingerprint density at radius 1 is 1.08 bits per heavy atom. The van der Waals surface area contributed by atoms with Crippen molar-refractivity contribution >= 4 is 39.1 Å². The third kappa shape index (κ3) is 3.70. The number of thiophene rings is 1. The van der Waals surface area contributed by atoms with Gasteiger partial charge in [0.05, 0.1) is 4.88 Å². The minimum Gasteiger partial charge on any atom is -0.444 e. The molecule has 0 aliphatic heterocycles. The maximum Gasteiger partial charge on any atom is 0.411 e. The molecule has 7 heteroatoms. The van der Waals surface area contributed by atoms with E-state index in [1.54, 1.807) is 29.7 Å².